The molecule has 0 heterocycles. The first-order valence-corrected chi connectivity index (χ1v) is 7.15. The van der Waals surface area contributed by atoms with Gasteiger partial charge >= 0.3 is 0 Å². The van der Waals surface area contributed by atoms with Crippen molar-refractivity contribution in [2.45, 2.75) is 6.92 Å². The van der Waals surface area contributed by atoms with Gasteiger partial charge in [0.2, 0.25) is 0 Å². The number of phenolic OH excluding ortho intramolecular Hbond substituents is 2. The van der Waals surface area contributed by atoms with Gasteiger partial charge in [0.1, 0.15) is 16.5 Å². The number of aryl methyl sites for hydroxylation is 1. The molecule has 3 rings (SSSR count). The molecular formula is C17H12ClNO4. The highest BCUT2D eigenvalue weighted by atomic mass is 35.5. The predicted octanol–water partition coefficient (Wildman–Crippen LogP) is 3.74. The van der Waals surface area contributed by atoms with E-state index in [0.29, 0.717) is 5.69 Å². The van der Waals surface area contributed by atoms with Gasteiger partial charge in [0.05, 0.1) is 11.1 Å². The standard InChI is InChI=1S/C17H12ClNO4/c1-8-3-2-4-9(7-8)19-15-14(18)16(22)12-10(20)5-6-11(21)13(12)17(15)23/h2-7,19,22-23H,1H3. The van der Waals surface area contributed by atoms with Crippen LogP contribution >= 0.6 is 11.6 Å². The molecule has 0 radical (unpaired) electrons. The Labute approximate surface area is 136 Å². The molecule has 0 amide bonds. The molecule has 0 aromatic heterocycles. The second kappa shape index (κ2) is 5.44. The molecule has 2 aromatic rings. The zero-order chi connectivity index (χ0) is 16.7. The molecule has 0 atom stereocenters. The van der Waals surface area contributed by atoms with E-state index < -0.39 is 23.1 Å². The van der Waals surface area contributed by atoms with E-state index in [9.17, 15) is 19.8 Å². The minimum atomic E-state index is -0.587. The number of hydrogen-bond donors (Lipinski definition) is 3. The molecule has 0 bridgehead atoms. The van der Waals surface area contributed by atoms with Crippen molar-refractivity contribution in [1.82, 2.24) is 0 Å². The minimum Gasteiger partial charge on any atom is -0.505 e. The fraction of sp³-hybridized carbons (Fsp3) is 0.0588. The zero-order valence-corrected chi connectivity index (χ0v) is 12.8. The summed E-state index contributed by atoms with van der Waals surface area (Å²) in [6.45, 7) is 1.89. The summed E-state index contributed by atoms with van der Waals surface area (Å²) in [5.74, 6) is -2.16. The third-order valence-electron chi connectivity index (χ3n) is 3.55. The maximum absolute atomic E-state index is 12.0. The lowest BCUT2D eigenvalue weighted by molar-refractivity contribution is 0.0989. The highest BCUT2D eigenvalue weighted by Crippen LogP contribution is 2.47. The Kier molecular flexibility index (Phi) is 3.58. The summed E-state index contributed by atoms with van der Waals surface area (Å²) in [5, 5.41) is 23.2. The minimum absolute atomic E-state index is 0.0232. The van der Waals surface area contributed by atoms with Gasteiger partial charge in [-0.05, 0) is 36.8 Å². The van der Waals surface area contributed by atoms with Gasteiger partial charge in [-0.2, -0.15) is 0 Å². The van der Waals surface area contributed by atoms with Crippen molar-refractivity contribution in [2.75, 3.05) is 5.32 Å². The van der Waals surface area contributed by atoms with Gasteiger partial charge in [-0.3, -0.25) is 9.59 Å². The summed E-state index contributed by atoms with van der Waals surface area (Å²) in [5.41, 5.74) is 1.03. The van der Waals surface area contributed by atoms with Crippen molar-refractivity contribution in [2.24, 2.45) is 0 Å². The summed E-state index contributed by atoms with van der Waals surface area (Å²) in [6, 6.07) is 7.24. The van der Waals surface area contributed by atoms with Crippen LogP contribution in [0.4, 0.5) is 11.4 Å². The summed E-state index contributed by atoms with van der Waals surface area (Å²) in [4.78, 5) is 23.9. The van der Waals surface area contributed by atoms with Gasteiger partial charge < -0.3 is 15.5 Å². The monoisotopic (exact) mass is 329 g/mol. The van der Waals surface area contributed by atoms with E-state index in [-0.39, 0.29) is 21.8 Å². The predicted molar refractivity (Wildman–Crippen MR) is 87.0 cm³/mol. The quantitative estimate of drug-likeness (QED) is 0.577. The molecule has 0 aliphatic heterocycles. The normalized spacial score (nSPS) is 13.1. The van der Waals surface area contributed by atoms with Crippen LogP contribution in [0.3, 0.4) is 0 Å². The van der Waals surface area contributed by atoms with Gasteiger partial charge in [0, 0.05) is 5.69 Å². The Balaban J connectivity index is 2.20. The number of benzene rings is 2. The van der Waals surface area contributed by atoms with Crippen molar-refractivity contribution in [1.29, 1.82) is 0 Å². The zero-order valence-electron chi connectivity index (χ0n) is 12.1. The first-order chi connectivity index (χ1) is 10.9. The summed E-state index contributed by atoms with van der Waals surface area (Å²) < 4.78 is 0. The van der Waals surface area contributed by atoms with Crippen LogP contribution in [0, 0.1) is 6.92 Å². The van der Waals surface area contributed by atoms with Gasteiger partial charge in [-0.25, -0.2) is 0 Å². The molecule has 23 heavy (non-hydrogen) atoms. The first kappa shape index (κ1) is 15.1. The van der Waals surface area contributed by atoms with E-state index in [1.807, 2.05) is 13.0 Å². The second-order valence-electron chi connectivity index (χ2n) is 5.19. The van der Waals surface area contributed by atoms with E-state index in [0.717, 1.165) is 17.7 Å². The number of aromatic hydroxyl groups is 2. The molecule has 1 aliphatic rings. The molecule has 6 heteroatoms. The van der Waals surface area contributed by atoms with Crippen molar-refractivity contribution in [3.8, 4) is 11.5 Å². The average Bonchev–Trinajstić information content (AvgIpc) is 2.51. The molecule has 3 N–H and O–H groups in total. The fourth-order valence-electron chi connectivity index (χ4n) is 2.47. The number of anilines is 2. The lowest BCUT2D eigenvalue weighted by atomic mass is 9.92. The van der Waals surface area contributed by atoms with Gasteiger partial charge in [-0.1, -0.05) is 23.7 Å². The number of carbonyl (C=O) groups is 2. The second-order valence-corrected chi connectivity index (χ2v) is 5.57. The number of phenols is 2. The average molecular weight is 330 g/mol. The third kappa shape index (κ3) is 2.45. The molecule has 116 valence electrons. The fourth-order valence-corrected chi connectivity index (χ4v) is 2.70. The molecule has 0 spiro atoms. The molecule has 0 saturated carbocycles. The highest BCUT2D eigenvalue weighted by Gasteiger charge is 2.31. The molecule has 0 fully saturated rings. The van der Waals surface area contributed by atoms with Crippen LogP contribution in [0.5, 0.6) is 11.5 Å². The topological polar surface area (TPSA) is 86.6 Å². The maximum Gasteiger partial charge on any atom is 0.190 e. The third-order valence-corrected chi connectivity index (χ3v) is 3.92. The van der Waals surface area contributed by atoms with Crippen LogP contribution in [-0.2, 0) is 0 Å². The Morgan fingerprint density at radius 2 is 1.61 bits per heavy atom. The highest BCUT2D eigenvalue weighted by molar-refractivity contribution is 6.38. The molecule has 0 unspecified atom stereocenters. The van der Waals surface area contributed by atoms with Gasteiger partial charge in [0.25, 0.3) is 0 Å². The van der Waals surface area contributed by atoms with E-state index in [2.05, 4.69) is 5.32 Å². The summed E-state index contributed by atoms with van der Waals surface area (Å²) in [7, 11) is 0. The van der Waals surface area contributed by atoms with Crippen LogP contribution in [0.1, 0.15) is 26.3 Å². The van der Waals surface area contributed by atoms with Crippen LogP contribution in [0.15, 0.2) is 36.4 Å². The number of carbonyl (C=O) groups excluding carboxylic acids is 2. The van der Waals surface area contributed by atoms with Crippen LogP contribution < -0.4 is 5.32 Å². The van der Waals surface area contributed by atoms with Crippen molar-refractivity contribution >= 4 is 34.5 Å². The number of fused-ring (bicyclic) bond motifs is 1. The lowest BCUT2D eigenvalue weighted by Crippen LogP contribution is -2.13. The van der Waals surface area contributed by atoms with Gasteiger partial charge in [0.15, 0.2) is 17.3 Å². The number of rotatable bonds is 2. The van der Waals surface area contributed by atoms with E-state index in [1.54, 1.807) is 18.2 Å². The SMILES string of the molecule is Cc1cccc(Nc2c(O)c3c(c(O)c2Cl)C(=O)C=CC3=O)c1. The molecule has 0 saturated heterocycles. The smallest absolute Gasteiger partial charge is 0.190 e. The van der Waals surface area contributed by atoms with E-state index in [1.165, 1.54) is 0 Å². The number of nitrogens with one attached hydrogen (secondary N) is 1. The van der Waals surface area contributed by atoms with E-state index in [4.69, 9.17) is 11.6 Å². The van der Waals surface area contributed by atoms with Crippen molar-refractivity contribution in [3.05, 3.63) is 58.1 Å². The maximum atomic E-state index is 12.0. The van der Waals surface area contributed by atoms with E-state index >= 15 is 0 Å². The molecule has 5 nitrogen and oxygen atoms in total. The number of halogens is 1. The summed E-state index contributed by atoms with van der Waals surface area (Å²) >= 11 is 6.08. The Hall–Kier alpha value is -2.79. The van der Waals surface area contributed by atoms with Crippen LogP contribution in [-0.4, -0.2) is 21.8 Å². The first-order valence-electron chi connectivity index (χ1n) is 6.78. The Bertz CT molecular complexity index is 887. The molecule has 1 aliphatic carbocycles. The summed E-state index contributed by atoms with van der Waals surface area (Å²) in [6.07, 6.45) is 2.09. The largest absolute Gasteiger partial charge is 0.505 e. The van der Waals surface area contributed by atoms with Gasteiger partial charge in [-0.15, -0.1) is 0 Å². The van der Waals surface area contributed by atoms with Crippen molar-refractivity contribution < 1.29 is 19.8 Å². The lowest BCUT2D eigenvalue weighted by Gasteiger charge is -2.19. The molecular weight excluding hydrogens is 318 g/mol. The van der Waals surface area contributed by atoms with Crippen molar-refractivity contribution in [3.63, 3.8) is 0 Å². The Morgan fingerprint density at radius 3 is 2.22 bits per heavy atom. The van der Waals surface area contributed by atoms with Crippen LogP contribution in [0.25, 0.3) is 0 Å². The Morgan fingerprint density at radius 1 is 1.00 bits per heavy atom. The number of allylic oxidation sites excluding steroid dienone is 2. The van der Waals surface area contributed by atoms with Crippen LogP contribution in [0.2, 0.25) is 5.02 Å². The number of ketones is 2. The molecule has 2 aromatic carbocycles. The number of hydrogen-bond acceptors (Lipinski definition) is 5.